The van der Waals surface area contributed by atoms with Gasteiger partial charge in [-0.3, -0.25) is 28.9 Å². The van der Waals surface area contributed by atoms with Crippen molar-refractivity contribution in [2.45, 2.75) is 13.3 Å². The van der Waals surface area contributed by atoms with E-state index in [1.165, 1.54) is 13.0 Å². The zero-order chi connectivity index (χ0) is 23.3. The smallest absolute Gasteiger partial charge is 0.308 e. The van der Waals surface area contributed by atoms with Gasteiger partial charge >= 0.3 is 5.97 Å². The summed E-state index contributed by atoms with van der Waals surface area (Å²) in [6, 6.07) is 11.0. The van der Waals surface area contributed by atoms with Gasteiger partial charge in [0.15, 0.2) is 0 Å². The lowest BCUT2D eigenvalue weighted by Gasteiger charge is -2.13. The minimum Gasteiger partial charge on any atom is -0.427 e. The van der Waals surface area contributed by atoms with Crippen LogP contribution in [0.2, 0.25) is 0 Å². The number of hydrogen-bond acceptors (Lipinski definition) is 6. The lowest BCUT2D eigenvalue weighted by Crippen LogP contribution is -2.41. The molecule has 0 bridgehead atoms. The van der Waals surface area contributed by atoms with Crippen molar-refractivity contribution in [1.29, 1.82) is 0 Å². The molecule has 0 radical (unpaired) electrons. The maximum atomic E-state index is 12.4. The number of rotatable bonds is 8. The minimum absolute atomic E-state index is 0.251. The van der Waals surface area contributed by atoms with E-state index in [1.807, 2.05) is 0 Å². The standard InChI is InChI=1S/C22H20BrN3O6/c1-13(27)32-16-5-2-4-14(10-16)20(29)25-9-3-8-24-19(28)12-26-21(30)17-7-6-15(23)11-18(17)22(26)31/h2,4-7,10-11H,3,8-9,12H2,1H3,(H,24,28)(H,25,29). The van der Waals surface area contributed by atoms with E-state index in [2.05, 4.69) is 26.6 Å². The number of halogens is 1. The highest BCUT2D eigenvalue weighted by Crippen LogP contribution is 2.25. The number of nitrogens with zero attached hydrogens (tertiary/aromatic N) is 1. The number of ether oxygens (including phenoxy) is 1. The van der Waals surface area contributed by atoms with E-state index >= 15 is 0 Å². The molecule has 0 spiro atoms. The molecule has 0 aliphatic carbocycles. The maximum Gasteiger partial charge on any atom is 0.308 e. The van der Waals surface area contributed by atoms with E-state index < -0.39 is 23.7 Å². The Morgan fingerprint density at radius 3 is 2.44 bits per heavy atom. The lowest BCUT2D eigenvalue weighted by atomic mass is 10.1. The van der Waals surface area contributed by atoms with Crippen molar-refractivity contribution in [2.75, 3.05) is 19.6 Å². The molecular weight excluding hydrogens is 482 g/mol. The molecule has 9 nitrogen and oxygen atoms in total. The van der Waals surface area contributed by atoms with Crippen molar-refractivity contribution in [3.63, 3.8) is 0 Å². The number of amides is 4. The second-order valence-corrected chi connectivity index (χ2v) is 7.88. The Labute approximate surface area is 192 Å². The van der Waals surface area contributed by atoms with E-state index in [-0.39, 0.29) is 42.4 Å². The molecule has 4 amide bonds. The van der Waals surface area contributed by atoms with Gasteiger partial charge in [0.25, 0.3) is 17.7 Å². The number of imide groups is 1. The first-order chi connectivity index (χ1) is 15.3. The number of nitrogens with one attached hydrogen (secondary N) is 2. The molecule has 166 valence electrons. The second kappa shape index (κ2) is 10.2. The maximum absolute atomic E-state index is 12.4. The first kappa shape index (κ1) is 23.1. The summed E-state index contributed by atoms with van der Waals surface area (Å²) in [6.07, 6.45) is 0.441. The third-order valence-electron chi connectivity index (χ3n) is 4.55. The van der Waals surface area contributed by atoms with E-state index in [9.17, 15) is 24.0 Å². The highest BCUT2D eigenvalue weighted by atomic mass is 79.9. The van der Waals surface area contributed by atoms with Crippen LogP contribution in [0.5, 0.6) is 5.75 Å². The summed E-state index contributed by atoms with van der Waals surface area (Å²) >= 11 is 3.26. The molecular formula is C22H20BrN3O6. The van der Waals surface area contributed by atoms with Crippen molar-refractivity contribution >= 4 is 45.5 Å². The van der Waals surface area contributed by atoms with Crippen molar-refractivity contribution in [1.82, 2.24) is 15.5 Å². The first-order valence-corrected chi connectivity index (χ1v) is 10.5. The van der Waals surface area contributed by atoms with E-state index in [4.69, 9.17) is 4.74 Å². The summed E-state index contributed by atoms with van der Waals surface area (Å²) in [4.78, 5) is 61.0. The molecule has 10 heteroatoms. The fourth-order valence-corrected chi connectivity index (χ4v) is 3.45. The summed E-state index contributed by atoms with van der Waals surface area (Å²) < 4.78 is 5.62. The molecule has 2 aromatic rings. The van der Waals surface area contributed by atoms with Crippen molar-refractivity contribution in [2.24, 2.45) is 0 Å². The Kier molecular flexibility index (Phi) is 7.37. The Bertz CT molecular complexity index is 1100. The summed E-state index contributed by atoms with van der Waals surface area (Å²) in [7, 11) is 0. The molecule has 32 heavy (non-hydrogen) atoms. The normalized spacial score (nSPS) is 12.4. The molecule has 0 atom stereocenters. The summed E-state index contributed by atoms with van der Waals surface area (Å²) in [5.74, 6) is -2.03. The van der Waals surface area contributed by atoms with Crippen molar-refractivity contribution < 1.29 is 28.7 Å². The Hall–Kier alpha value is -3.53. The molecule has 0 fully saturated rings. The third kappa shape index (κ3) is 5.58. The minimum atomic E-state index is -0.510. The highest BCUT2D eigenvalue weighted by molar-refractivity contribution is 9.10. The van der Waals surface area contributed by atoms with Crippen molar-refractivity contribution in [3.05, 3.63) is 63.6 Å². The van der Waals surface area contributed by atoms with E-state index in [0.29, 0.717) is 16.5 Å². The van der Waals surface area contributed by atoms with Crippen LogP contribution in [0.1, 0.15) is 44.4 Å². The molecule has 2 aromatic carbocycles. The average Bonchev–Trinajstić information content (AvgIpc) is 2.97. The van der Waals surface area contributed by atoms with Crippen LogP contribution in [-0.2, 0) is 9.59 Å². The van der Waals surface area contributed by atoms with Crippen LogP contribution in [0.4, 0.5) is 0 Å². The van der Waals surface area contributed by atoms with Crippen molar-refractivity contribution in [3.8, 4) is 5.75 Å². The van der Waals surface area contributed by atoms with Crippen LogP contribution in [-0.4, -0.2) is 54.1 Å². The quantitative estimate of drug-likeness (QED) is 0.246. The Balaban J connectivity index is 1.40. The molecule has 1 heterocycles. The zero-order valence-corrected chi connectivity index (χ0v) is 18.7. The van der Waals surface area contributed by atoms with Crippen LogP contribution >= 0.6 is 15.9 Å². The molecule has 1 aliphatic rings. The van der Waals surface area contributed by atoms with Crippen LogP contribution in [0, 0.1) is 0 Å². The topological polar surface area (TPSA) is 122 Å². The number of fused-ring (bicyclic) bond motifs is 1. The van der Waals surface area contributed by atoms with Crippen LogP contribution in [0.15, 0.2) is 46.9 Å². The summed E-state index contributed by atoms with van der Waals surface area (Å²) in [6.45, 7) is 1.44. The molecule has 0 saturated heterocycles. The molecule has 1 aliphatic heterocycles. The average molecular weight is 502 g/mol. The van der Waals surface area contributed by atoms with Gasteiger partial charge in [-0.2, -0.15) is 0 Å². The predicted octanol–water partition coefficient (Wildman–Crippen LogP) is 1.91. The van der Waals surface area contributed by atoms with Gasteiger partial charge in [0.05, 0.1) is 11.1 Å². The summed E-state index contributed by atoms with van der Waals surface area (Å²) in [5, 5.41) is 5.33. The fourth-order valence-electron chi connectivity index (χ4n) is 3.09. The number of carbonyl (C=O) groups excluding carboxylic acids is 5. The number of benzene rings is 2. The van der Waals surface area contributed by atoms with Gasteiger partial charge in [-0.15, -0.1) is 0 Å². The second-order valence-electron chi connectivity index (χ2n) is 6.97. The number of carbonyl (C=O) groups is 5. The highest BCUT2D eigenvalue weighted by Gasteiger charge is 2.36. The lowest BCUT2D eigenvalue weighted by molar-refractivity contribution is -0.131. The van der Waals surface area contributed by atoms with Gasteiger partial charge in [-0.1, -0.05) is 22.0 Å². The van der Waals surface area contributed by atoms with Gasteiger partial charge in [-0.25, -0.2) is 0 Å². The Morgan fingerprint density at radius 1 is 0.969 bits per heavy atom. The zero-order valence-electron chi connectivity index (χ0n) is 17.1. The summed E-state index contributed by atoms with van der Waals surface area (Å²) in [5.41, 5.74) is 0.870. The van der Waals surface area contributed by atoms with Crippen LogP contribution in [0.3, 0.4) is 0 Å². The van der Waals surface area contributed by atoms with Gasteiger partial charge in [0.1, 0.15) is 12.3 Å². The number of hydrogen-bond donors (Lipinski definition) is 2. The monoisotopic (exact) mass is 501 g/mol. The Morgan fingerprint density at radius 2 is 1.69 bits per heavy atom. The fraction of sp³-hybridized carbons (Fsp3) is 0.227. The van der Waals surface area contributed by atoms with Gasteiger partial charge in [-0.05, 0) is 42.8 Å². The molecule has 0 aromatic heterocycles. The molecule has 0 saturated carbocycles. The first-order valence-electron chi connectivity index (χ1n) is 9.75. The SMILES string of the molecule is CC(=O)Oc1cccc(C(=O)NCCCNC(=O)CN2C(=O)c3ccc(Br)cc3C2=O)c1. The van der Waals surface area contributed by atoms with E-state index in [1.54, 1.807) is 36.4 Å². The van der Waals surface area contributed by atoms with Gasteiger partial charge < -0.3 is 15.4 Å². The van der Waals surface area contributed by atoms with Gasteiger partial charge in [0.2, 0.25) is 5.91 Å². The largest absolute Gasteiger partial charge is 0.427 e. The van der Waals surface area contributed by atoms with E-state index in [0.717, 1.165) is 4.90 Å². The van der Waals surface area contributed by atoms with Crippen LogP contribution < -0.4 is 15.4 Å². The van der Waals surface area contributed by atoms with Gasteiger partial charge in [0, 0.05) is 30.0 Å². The number of esters is 1. The predicted molar refractivity (Wildman–Crippen MR) is 117 cm³/mol. The third-order valence-corrected chi connectivity index (χ3v) is 5.05. The van der Waals surface area contributed by atoms with Crippen LogP contribution in [0.25, 0.3) is 0 Å². The molecule has 0 unspecified atom stereocenters. The molecule has 2 N–H and O–H groups in total. The molecule has 3 rings (SSSR count).